The lowest BCUT2D eigenvalue weighted by Crippen LogP contribution is -2.50. The Hall–Kier alpha value is -1.75. The van der Waals surface area contributed by atoms with E-state index in [2.05, 4.69) is 5.32 Å². The number of nitrogens with two attached hydrogens (primary N) is 1. The molecule has 1 unspecified atom stereocenters. The number of amides is 1. The van der Waals surface area contributed by atoms with Crippen molar-refractivity contribution in [1.82, 2.24) is 5.32 Å². The van der Waals surface area contributed by atoms with E-state index >= 15 is 0 Å². The Bertz CT molecular complexity index is 464. The summed E-state index contributed by atoms with van der Waals surface area (Å²) < 4.78 is 5.15. The molecule has 0 aliphatic rings. The van der Waals surface area contributed by atoms with Gasteiger partial charge < -0.3 is 20.9 Å². The lowest BCUT2D eigenvalue weighted by molar-refractivity contribution is 0.0516. The summed E-state index contributed by atoms with van der Waals surface area (Å²) in [5.74, 6) is 0.210. The maximum absolute atomic E-state index is 11.6. The molecule has 0 bridgehead atoms. The van der Waals surface area contributed by atoms with Crippen molar-refractivity contribution in [3.63, 3.8) is 0 Å². The molecule has 0 saturated carbocycles. The lowest BCUT2D eigenvalue weighted by atomic mass is 9.93. The molecule has 0 aliphatic carbocycles. The maximum Gasteiger partial charge on any atom is 0.407 e. The van der Waals surface area contributed by atoms with Crippen molar-refractivity contribution >= 4 is 6.09 Å². The minimum Gasteiger partial charge on any atom is -0.508 e. The zero-order valence-corrected chi connectivity index (χ0v) is 12.6. The van der Waals surface area contributed by atoms with Crippen LogP contribution in [0.15, 0.2) is 24.3 Å². The number of hydrogen-bond acceptors (Lipinski definition) is 4. The molecule has 0 heterocycles. The van der Waals surface area contributed by atoms with E-state index in [0.29, 0.717) is 6.42 Å². The number of ether oxygens (including phenoxy) is 1. The van der Waals surface area contributed by atoms with Crippen molar-refractivity contribution in [2.24, 2.45) is 5.73 Å². The average Bonchev–Trinajstić information content (AvgIpc) is 2.27. The van der Waals surface area contributed by atoms with Crippen molar-refractivity contribution < 1.29 is 14.6 Å². The van der Waals surface area contributed by atoms with Gasteiger partial charge >= 0.3 is 6.09 Å². The van der Waals surface area contributed by atoms with Gasteiger partial charge in [-0.2, -0.15) is 0 Å². The molecule has 0 aromatic heterocycles. The van der Waals surface area contributed by atoms with Crippen LogP contribution < -0.4 is 11.1 Å². The van der Waals surface area contributed by atoms with Crippen LogP contribution in [0.2, 0.25) is 0 Å². The van der Waals surface area contributed by atoms with E-state index in [9.17, 15) is 9.90 Å². The Labute approximate surface area is 120 Å². The quantitative estimate of drug-likeness (QED) is 0.789. The highest BCUT2D eigenvalue weighted by Gasteiger charge is 2.23. The second kappa shape index (κ2) is 6.13. The molecule has 1 amide bonds. The summed E-state index contributed by atoms with van der Waals surface area (Å²) in [6.07, 6.45) is -0.0402. The number of para-hydroxylation sites is 1. The summed E-state index contributed by atoms with van der Waals surface area (Å²) in [6, 6.07) is 7.03. The molecule has 0 aliphatic heterocycles. The number of carbonyl (C=O) groups excluding carboxylic acids is 1. The predicted octanol–water partition coefficient (Wildman–Crippen LogP) is 2.18. The molecule has 112 valence electrons. The predicted molar refractivity (Wildman–Crippen MR) is 78.6 cm³/mol. The van der Waals surface area contributed by atoms with Crippen LogP contribution in [0.1, 0.15) is 33.3 Å². The van der Waals surface area contributed by atoms with Crippen molar-refractivity contribution in [2.45, 2.75) is 45.3 Å². The van der Waals surface area contributed by atoms with Crippen LogP contribution in [0.5, 0.6) is 5.75 Å². The van der Waals surface area contributed by atoms with Gasteiger partial charge in [-0.25, -0.2) is 4.79 Å². The van der Waals surface area contributed by atoms with Crippen molar-refractivity contribution in [3.8, 4) is 5.75 Å². The minimum absolute atomic E-state index is 0.210. The van der Waals surface area contributed by atoms with Gasteiger partial charge in [0.25, 0.3) is 0 Å². The molecular formula is C15H24N2O3. The molecule has 5 nitrogen and oxygen atoms in total. The first-order chi connectivity index (χ1) is 9.09. The Balaban J connectivity index is 2.54. The Morgan fingerprint density at radius 3 is 2.45 bits per heavy atom. The number of phenolic OH excluding ortho intramolecular Hbond substituents is 1. The van der Waals surface area contributed by atoms with Crippen LogP contribution in [0.3, 0.4) is 0 Å². The number of benzene rings is 1. The first-order valence-electron chi connectivity index (χ1n) is 6.62. The molecule has 1 aromatic carbocycles. The second-order valence-electron chi connectivity index (χ2n) is 6.31. The molecule has 0 radical (unpaired) electrons. The SMILES string of the molecule is CC(N)(CNC(=O)OC(C)(C)C)Cc1ccccc1O. The van der Waals surface area contributed by atoms with Gasteiger partial charge in [-0.1, -0.05) is 18.2 Å². The van der Waals surface area contributed by atoms with E-state index in [1.54, 1.807) is 32.9 Å². The van der Waals surface area contributed by atoms with Crippen molar-refractivity contribution in [2.75, 3.05) is 6.54 Å². The number of carbonyl (C=O) groups is 1. The third-order valence-electron chi connectivity index (χ3n) is 2.62. The van der Waals surface area contributed by atoms with Gasteiger partial charge in [0, 0.05) is 12.1 Å². The Morgan fingerprint density at radius 2 is 1.90 bits per heavy atom. The smallest absolute Gasteiger partial charge is 0.407 e. The van der Waals surface area contributed by atoms with Gasteiger partial charge in [0.15, 0.2) is 0 Å². The van der Waals surface area contributed by atoms with Gasteiger partial charge in [-0.15, -0.1) is 0 Å². The summed E-state index contributed by atoms with van der Waals surface area (Å²) in [4.78, 5) is 11.6. The highest BCUT2D eigenvalue weighted by Crippen LogP contribution is 2.20. The van der Waals surface area contributed by atoms with E-state index in [-0.39, 0.29) is 12.3 Å². The lowest BCUT2D eigenvalue weighted by Gasteiger charge is -2.27. The van der Waals surface area contributed by atoms with E-state index in [0.717, 1.165) is 5.56 Å². The third kappa shape index (κ3) is 5.93. The molecule has 0 saturated heterocycles. The molecule has 5 heteroatoms. The third-order valence-corrected chi connectivity index (χ3v) is 2.62. The molecule has 1 atom stereocenters. The van der Waals surface area contributed by atoms with Crippen LogP contribution in [0.4, 0.5) is 4.79 Å². The van der Waals surface area contributed by atoms with Crippen LogP contribution >= 0.6 is 0 Å². The first kappa shape index (κ1) is 16.3. The monoisotopic (exact) mass is 280 g/mol. The van der Waals surface area contributed by atoms with Gasteiger partial charge in [0.05, 0.1) is 0 Å². The first-order valence-corrected chi connectivity index (χ1v) is 6.62. The molecule has 20 heavy (non-hydrogen) atoms. The molecule has 1 rings (SSSR count). The number of alkyl carbamates (subject to hydrolysis) is 1. The average molecular weight is 280 g/mol. The fourth-order valence-corrected chi connectivity index (χ4v) is 1.75. The summed E-state index contributed by atoms with van der Waals surface area (Å²) in [7, 11) is 0. The molecule has 0 spiro atoms. The maximum atomic E-state index is 11.6. The highest BCUT2D eigenvalue weighted by atomic mass is 16.6. The zero-order valence-electron chi connectivity index (χ0n) is 12.6. The number of hydrogen-bond donors (Lipinski definition) is 3. The Kier molecular flexibility index (Phi) is 5.00. The van der Waals surface area contributed by atoms with Crippen LogP contribution in [0, 0.1) is 0 Å². The van der Waals surface area contributed by atoms with Gasteiger partial charge in [-0.3, -0.25) is 0 Å². The second-order valence-corrected chi connectivity index (χ2v) is 6.31. The van der Waals surface area contributed by atoms with Gasteiger partial charge in [-0.05, 0) is 45.7 Å². The van der Waals surface area contributed by atoms with Crippen LogP contribution in [-0.2, 0) is 11.2 Å². The van der Waals surface area contributed by atoms with Gasteiger partial charge in [0.1, 0.15) is 11.4 Å². The fourth-order valence-electron chi connectivity index (χ4n) is 1.75. The summed E-state index contributed by atoms with van der Waals surface area (Å²) in [5, 5.41) is 12.4. The number of nitrogens with one attached hydrogen (secondary N) is 1. The summed E-state index contributed by atoms with van der Waals surface area (Å²) in [5.41, 5.74) is 5.70. The number of rotatable bonds is 4. The molecule has 4 N–H and O–H groups in total. The van der Waals surface area contributed by atoms with Gasteiger partial charge in [0.2, 0.25) is 0 Å². The fraction of sp³-hybridized carbons (Fsp3) is 0.533. The van der Waals surface area contributed by atoms with Crippen LogP contribution in [-0.4, -0.2) is 28.9 Å². The van der Waals surface area contributed by atoms with Crippen molar-refractivity contribution in [1.29, 1.82) is 0 Å². The zero-order chi connectivity index (χ0) is 15.4. The van der Waals surface area contributed by atoms with E-state index in [1.165, 1.54) is 0 Å². The Morgan fingerprint density at radius 1 is 1.30 bits per heavy atom. The number of phenols is 1. The molecule has 1 aromatic rings. The number of aromatic hydroxyl groups is 1. The van der Waals surface area contributed by atoms with Crippen LogP contribution in [0.25, 0.3) is 0 Å². The van der Waals surface area contributed by atoms with E-state index < -0.39 is 17.2 Å². The summed E-state index contributed by atoms with van der Waals surface area (Å²) >= 11 is 0. The highest BCUT2D eigenvalue weighted by molar-refractivity contribution is 5.67. The normalized spacial score (nSPS) is 14.4. The van der Waals surface area contributed by atoms with E-state index in [1.807, 2.05) is 19.1 Å². The van der Waals surface area contributed by atoms with E-state index in [4.69, 9.17) is 10.5 Å². The largest absolute Gasteiger partial charge is 0.508 e. The standard InChI is InChI=1S/C15H24N2O3/c1-14(2,3)20-13(19)17-10-15(4,16)9-11-7-5-6-8-12(11)18/h5-8,18H,9-10,16H2,1-4H3,(H,17,19). The molecular weight excluding hydrogens is 256 g/mol. The van der Waals surface area contributed by atoms with Crippen molar-refractivity contribution in [3.05, 3.63) is 29.8 Å². The topological polar surface area (TPSA) is 84.6 Å². The molecule has 0 fully saturated rings. The minimum atomic E-state index is -0.671. The summed E-state index contributed by atoms with van der Waals surface area (Å²) in [6.45, 7) is 7.48.